The summed E-state index contributed by atoms with van der Waals surface area (Å²) < 4.78 is 37.7. The molecule has 1 saturated carbocycles. The molecule has 0 aromatic carbocycles. The lowest BCUT2D eigenvalue weighted by Crippen LogP contribution is -2.35. The summed E-state index contributed by atoms with van der Waals surface area (Å²) in [5.74, 6) is 0.207. The Hall–Kier alpha value is -1.30. The average molecular weight is 288 g/mol. The second-order valence-electron chi connectivity index (χ2n) is 5.48. The van der Waals surface area contributed by atoms with Crippen molar-refractivity contribution in [3.63, 3.8) is 0 Å². The van der Waals surface area contributed by atoms with E-state index in [4.69, 9.17) is 0 Å². The number of nitrogens with one attached hydrogen (secondary N) is 1. The second kappa shape index (κ2) is 5.99. The Morgan fingerprint density at radius 1 is 1.20 bits per heavy atom. The van der Waals surface area contributed by atoms with Gasteiger partial charge < -0.3 is 10.4 Å². The number of aromatic nitrogens is 1. The van der Waals surface area contributed by atoms with Gasteiger partial charge in [0, 0.05) is 12.0 Å². The monoisotopic (exact) mass is 288 g/mol. The van der Waals surface area contributed by atoms with Crippen molar-refractivity contribution < 1.29 is 18.3 Å². The maximum Gasteiger partial charge on any atom is 0.433 e. The Labute approximate surface area is 116 Å². The zero-order valence-electron chi connectivity index (χ0n) is 11.2. The van der Waals surface area contributed by atoms with Crippen LogP contribution in [0.2, 0.25) is 0 Å². The van der Waals surface area contributed by atoms with Crippen molar-refractivity contribution in [1.82, 2.24) is 4.98 Å². The predicted molar refractivity (Wildman–Crippen MR) is 70.3 cm³/mol. The molecular formula is C14H19F3N2O. The van der Waals surface area contributed by atoms with E-state index in [1.54, 1.807) is 0 Å². The molecule has 0 atom stereocenters. The third kappa shape index (κ3) is 3.62. The fourth-order valence-corrected chi connectivity index (χ4v) is 2.66. The molecule has 1 aromatic heterocycles. The molecule has 0 saturated heterocycles. The van der Waals surface area contributed by atoms with E-state index in [2.05, 4.69) is 10.3 Å². The Balaban J connectivity index is 2.03. The van der Waals surface area contributed by atoms with Crippen LogP contribution in [0.4, 0.5) is 19.0 Å². The van der Waals surface area contributed by atoms with Crippen LogP contribution in [-0.4, -0.2) is 23.2 Å². The lowest BCUT2D eigenvalue weighted by molar-refractivity contribution is -0.141. The number of alkyl halides is 3. The number of aliphatic hydroxyl groups excluding tert-OH is 1. The SMILES string of the molecule is OCC1(CNc2cccc(C(F)(F)F)n2)CCCCC1. The van der Waals surface area contributed by atoms with Crippen LogP contribution in [0.3, 0.4) is 0 Å². The zero-order chi connectivity index (χ0) is 14.6. The second-order valence-corrected chi connectivity index (χ2v) is 5.48. The van der Waals surface area contributed by atoms with Crippen molar-refractivity contribution in [2.75, 3.05) is 18.5 Å². The summed E-state index contributed by atoms with van der Waals surface area (Å²) in [5.41, 5.74) is -1.13. The van der Waals surface area contributed by atoms with E-state index in [0.717, 1.165) is 38.2 Å². The molecule has 1 fully saturated rings. The van der Waals surface area contributed by atoms with E-state index < -0.39 is 11.9 Å². The molecule has 0 bridgehead atoms. The molecule has 1 aliphatic rings. The molecule has 2 N–H and O–H groups in total. The van der Waals surface area contributed by atoms with E-state index in [1.165, 1.54) is 12.1 Å². The summed E-state index contributed by atoms with van der Waals surface area (Å²) in [5, 5.41) is 12.5. The van der Waals surface area contributed by atoms with E-state index in [9.17, 15) is 18.3 Å². The van der Waals surface area contributed by atoms with E-state index in [0.29, 0.717) is 6.54 Å². The quantitative estimate of drug-likeness (QED) is 0.892. The average Bonchev–Trinajstić information content (AvgIpc) is 2.46. The Bertz CT molecular complexity index is 442. The third-order valence-corrected chi connectivity index (χ3v) is 3.93. The van der Waals surface area contributed by atoms with Gasteiger partial charge in [0.2, 0.25) is 0 Å². The number of halogens is 3. The summed E-state index contributed by atoms with van der Waals surface area (Å²) in [6, 6.07) is 3.81. The van der Waals surface area contributed by atoms with Gasteiger partial charge >= 0.3 is 6.18 Å². The normalized spacial score (nSPS) is 18.8. The molecule has 1 aromatic rings. The van der Waals surface area contributed by atoms with E-state index >= 15 is 0 Å². The van der Waals surface area contributed by atoms with Crippen molar-refractivity contribution in [1.29, 1.82) is 0 Å². The van der Waals surface area contributed by atoms with Crippen molar-refractivity contribution in [2.45, 2.75) is 38.3 Å². The molecule has 2 rings (SSSR count). The molecule has 0 spiro atoms. The fourth-order valence-electron chi connectivity index (χ4n) is 2.66. The van der Waals surface area contributed by atoms with Gasteiger partial charge in [-0.2, -0.15) is 13.2 Å². The number of anilines is 1. The first kappa shape index (κ1) is 15.1. The number of aliphatic hydroxyl groups is 1. The molecule has 112 valence electrons. The third-order valence-electron chi connectivity index (χ3n) is 3.93. The first-order chi connectivity index (χ1) is 9.45. The van der Waals surface area contributed by atoms with Crippen molar-refractivity contribution in [2.24, 2.45) is 5.41 Å². The molecule has 0 amide bonds. The van der Waals surface area contributed by atoms with Gasteiger partial charge in [0.25, 0.3) is 0 Å². The van der Waals surface area contributed by atoms with Crippen molar-refractivity contribution in [3.8, 4) is 0 Å². The molecule has 6 heteroatoms. The summed E-state index contributed by atoms with van der Waals surface area (Å²) in [4.78, 5) is 3.58. The van der Waals surface area contributed by atoms with Crippen LogP contribution in [0.5, 0.6) is 0 Å². The Morgan fingerprint density at radius 2 is 1.90 bits per heavy atom. The first-order valence-corrected chi connectivity index (χ1v) is 6.84. The van der Waals surface area contributed by atoms with Crippen molar-refractivity contribution in [3.05, 3.63) is 23.9 Å². The van der Waals surface area contributed by atoms with Gasteiger partial charge in [-0.3, -0.25) is 0 Å². The lowest BCUT2D eigenvalue weighted by Gasteiger charge is -2.35. The van der Waals surface area contributed by atoms with E-state index in [-0.39, 0.29) is 17.8 Å². The summed E-state index contributed by atoms with van der Waals surface area (Å²) in [6.07, 6.45) is 0.627. The minimum Gasteiger partial charge on any atom is -0.396 e. The van der Waals surface area contributed by atoms with Gasteiger partial charge in [0.05, 0.1) is 6.61 Å². The number of pyridine rings is 1. The highest BCUT2D eigenvalue weighted by molar-refractivity contribution is 5.36. The first-order valence-electron chi connectivity index (χ1n) is 6.84. The topological polar surface area (TPSA) is 45.1 Å². The van der Waals surface area contributed by atoms with E-state index in [1.807, 2.05) is 0 Å². The summed E-state index contributed by atoms with van der Waals surface area (Å²) in [6.45, 7) is 0.511. The molecular weight excluding hydrogens is 269 g/mol. The molecule has 0 radical (unpaired) electrons. The zero-order valence-corrected chi connectivity index (χ0v) is 11.2. The van der Waals surface area contributed by atoms with Gasteiger partial charge in [0.1, 0.15) is 11.5 Å². The van der Waals surface area contributed by atoms with Crippen LogP contribution in [0.15, 0.2) is 18.2 Å². The minimum atomic E-state index is -4.43. The van der Waals surface area contributed by atoms with Crippen LogP contribution >= 0.6 is 0 Å². The molecule has 20 heavy (non-hydrogen) atoms. The number of nitrogens with zero attached hydrogens (tertiary/aromatic N) is 1. The number of rotatable bonds is 4. The highest BCUT2D eigenvalue weighted by atomic mass is 19.4. The molecule has 0 aliphatic heterocycles. The largest absolute Gasteiger partial charge is 0.433 e. The number of hydrogen-bond acceptors (Lipinski definition) is 3. The number of hydrogen-bond donors (Lipinski definition) is 2. The highest BCUT2D eigenvalue weighted by Gasteiger charge is 2.33. The van der Waals surface area contributed by atoms with Gasteiger partial charge in [-0.05, 0) is 25.0 Å². The molecule has 0 unspecified atom stereocenters. The molecule has 3 nitrogen and oxygen atoms in total. The predicted octanol–water partition coefficient (Wildman–Crippen LogP) is 3.46. The Morgan fingerprint density at radius 3 is 2.50 bits per heavy atom. The van der Waals surface area contributed by atoms with Crippen LogP contribution in [0.25, 0.3) is 0 Å². The maximum atomic E-state index is 12.6. The summed E-state index contributed by atoms with van der Waals surface area (Å²) in [7, 11) is 0. The van der Waals surface area contributed by atoms with Crippen LogP contribution in [-0.2, 0) is 6.18 Å². The minimum absolute atomic E-state index is 0.0545. The van der Waals surface area contributed by atoms with Crippen LogP contribution < -0.4 is 5.32 Å². The Kier molecular flexibility index (Phi) is 4.52. The summed E-state index contributed by atoms with van der Waals surface area (Å²) >= 11 is 0. The van der Waals surface area contributed by atoms with Gasteiger partial charge in [-0.25, -0.2) is 4.98 Å². The van der Waals surface area contributed by atoms with Crippen molar-refractivity contribution >= 4 is 5.82 Å². The fraction of sp³-hybridized carbons (Fsp3) is 0.643. The standard InChI is InChI=1S/C14H19F3N2O/c15-14(16,17)11-5-4-6-12(19-11)18-9-13(10-20)7-2-1-3-8-13/h4-6,20H,1-3,7-10H2,(H,18,19). The maximum absolute atomic E-state index is 12.6. The molecule has 1 aliphatic carbocycles. The van der Waals surface area contributed by atoms with Crippen LogP contribution in [0, 0.1) is 5.41 Å². The van der Waals surface area contributed by atoms with Crippen LogP contribution in [0.1, 0.15) is 37.8 Å². The van der Waals surface area contributed by atoms with Gasteiger partial charge in [-0.1, -0.05) is 25.3 Å². The van der Waals surface area contributed by atoms with Gasteiger partial charge in [-0.15, -0.1) is 0 Å². The highest BCUT2D eigenvalue weighted by Crippen LogP contribution is 2.36. The van der Waals surface area contributed by atoms with Gasteiger partial charge in [0.15, 0.2) is 0 Å². The lowest BCUT2D eigenvalue weighted by atomic mass is 9.74. The smallest absolute Gasteiger partial charge is 0.396 e. The molecule has 1 heterocycles.